The Morgan fingerprint density at radius 1 is 1.18 bits per heavy atom. The highest BCUT2D eigenvalue weighted by molar-refractivity contribution is 6.31. The number of allylic oxidation sites excluding steroid dienone is 1. The van der Waals surface area contributed by atoms with Gasteiger partial charge in [-0.3, -0.25) is 9.36 Å². The van der Waals surface area contributed by atoms with Crippen LogP contribution >= 0.6 is 11.6 Å². The highest BCUT2D eigenvalue weighted by atomic mass is 35.5. The summed E-state index contributed by atoms with van der Waals surface area (Å²) in [6, 6.07) is 12.6. The van der Waals surface area contributed by atoms with Crippen molar-refractivity contribution in [1.82, 2.24) is 19.3 Å². The lowest BCUT2D eigenvalue weighted by atomic mass is 10.1. The van der Waals surface area contributed by atoms with Crippen LogP contribution in [0.1, 0.15) is 45.0 Å². The predicted molar refractivity (Wildman–Crippen MR) is 128 cm³/mol. The zero-order valence-electron chi connectivity index (χ0n) is 18.2. The first-order valence-electron chi connectivity index (χ1n) is 10.6. The molecule has 1 N–H and O–H groups in total. The first-order valence-corrected chi connectivity index (χ1v) is 11.0. The molecule has 0 radical (unpaired) electrons. The van der Waals surface area contributed by atoms with Crippen molar-refractivity contribution < 1.29 is 9.90 Å². The first-order chi connectivity index (χ1) is 15.8. The summed E-state index contributed by atoms with van der Waals surface area (Å²) in [4.78, 5) is 29.0. The molecule has 7 nitrogen and oxygen atoms in total. The number of halogens is 1. The molecule has 0 aliphatic carbocycles. The summed E-state index contributed by atoms with van der Waals surface area (Å²) in [5.74, 6) is -0.518. The van der Waals surface area contributed by atoms with E-state index in [1.54, 1.807) is 9.25 Å². The lowest BCUT2D eigenvalue weighted by Gasteiger charge is -2.06. The minimum Gasteiger partial charge on any atom is -0.478 e. The van der Waals surface area contributed by atoms with Crippen molar-refractivity contribution in [2.24, 2.45) is 0 Å². The number of carboxylic acid groups (broad SMARTS) is 1. The molecule has 0 spiro atoms. The van der Waals surface area contributed by atoms with Gasteiger partial charge in [-0.15, -0.1) is 0 Å². The van der Waals surface area contributed by atoms with E-state index in [2.05, 4.69) is 34.3 Å². The Kier molecular flexibility index (Phi) is 5.13. The average Bonchev–Trinajstić information content (AvgIpc) is 3.31. The molecule has 2 aromatic heterocycles. The molecule has 1 aliphatic heterocycles. The van der Waals surface area contributed by atoms with Gasteiger partial charge in [-0.2, -0.15) is 5.10 Å². The second kappa shape index (κ2) is 8.01. The third kappa shape index (κ3) is 3.74. The van der Waals surface area contributed by atoms with E-state index < -0.39 is 5.97 Å². The Bertz CT molecular complexity index is 1510. The van der Waals surface area contributed by atoms with Gasteiger partial charge in [-0.1, -0.05) is 41.4 Å². The van der Waals surface area contributed by atoms with Gasteiger partial charge in [0.15, 0.2) is 0 Å². The van der Waals surface area contributed by atoms with Crippen molar-refractivity contribution in [1.29, 1.82) is 0 Å². The molecule has 8 heteroatoms. The number of hydrogen-bond donors (Lipinski definition) is 1. The van der Waals surface area contributed by atoms with Crippen LogP contribution in [0, 0.1) is 13.8 Å². The second-order valence-electron chi connectivity index (χ2n) is 8.28. The number of aryl methyl sites for hydroxylation is 2. The fraction of sp³-hybridized carbons (Fsp3) is 0.200. The zero-order valence-corrected chi connectivity index (χ0v) is 18.9. The maximum absolute atomic E-state index is 13.0. The predicted octanol–water partition coefficient (Wildman–Crippen LogP) is 4.55. The van der Waals surface area contributed by atoms with Crippen LogP contribution < -0.4 is 5.56 Å². The second-order valence-corrected chi connectivity index (χ2v) is 8.64. The monoisotopic (exact) mass is 460 g/mol. The van der Waals surface area contributed by atoms with Gasteiger partial charge in [0.25, 0.3) is 5.56 Å². The van der Waals surface area contributed by atoms with Crippen LogP contribution in [-0.4, -0.2) is 30.4 Å². The number of benzene rings is 2. The Balaban J connectivity index is 1.56. The largest absolute Gasteiger partial charge is 0.478 e. The van der Waals surface area contributed by atoms with E-state index in [-0.39, 0.29) is 11.1 Å². The Hall–Kier alpha value is -3.71. The van der Waals surface area contributed by atoms with E-state index in [0.717, 1.165) is 22.4 Å². The molecule has 5 rings (SSSR count). The van der Waals surface area contributed by atoms with Crippen molar-refractivity contribution in [3.8, 4) is 0 Å². The number of aromatic nitrogens is 4. The molecule has 0 saturated carbocycles. The van der Waals surface area contributed by atoms with Gasteiger partial charge in [-0.25, -0.2) is 14.5 Å². The van der Waals surface area contributed by atoms with Crippen molar-refractivity contribution in [3.63, 3.8) is 0 Å². The van der Waals surface area contributed by atoms with Crippen LogP contribution in [0.5, 0.6) is 0 Å². The van der Waals surface area contributed by atoms with Crippen LogP contribution in [0.25, 0.3) is 22.6 Å². The summed E-state index contributed by atoms with van der Waals surface area (Å²) < 4.78 is 3.40. The smallest absolute Gasteiger partial charge is 0.335 e. The van der Waals surface area contributed by atoms with Crippen molar-refractivity contribution in [3.05, 3.63) is 91.7 Å². The normalized spacial score (nSPS) is 14.2. The van der Waals surface area contributed by atoms with E-state index in [0.29, 0.717) is 41.4 Å². The molecule has 4 aromatic rings. The number of nitrogens with zero attached hydrogens (tertiary/aromatic N) is 4. The summed E-state index contributed by atoms with van der Waals surface area (Å²) in [7, 11) is 0. The molecule has 0 bridgehead atoms. The van der Waals surface area contributed by atoms with Crippen molar-refractivity contribution >= 4 is 40.1 Å². The number of rotatable bonds is 4. The summed E-state index contributed by atoms with van der Waals surface area (Å²) >= 11 is 6.70. The van der Waals surface area contributed by atoms with Gasteiger partial charge in [0.1, 0.15) is 11.0 Å². The van der Waals surface area contributed by atoms with Gasteiger partial charge >= 0.3 is 5.97 Å². The summed E-state index contributed by atoms with van der Waals surface area (Å²) in [6.07, 6.45) is 2.57. The number of carboxylic acids is 1. The standard InChI is InChI=1S/C25H21ClN4O3/c1-14-3-5-16(6-4-14)13-30-22(26)20(15(2)28-30)11-17-9-10-29-23(17)27-21-12-18(25(32)33)7-8-19(21)24(29)31/h3-8,11-12H,9-10,13H2,1-2H3,(H,32,33)/b17-11+. The molecule has 0 amide bonds. The van der Waals surface area contributed by atoms with E-state index >= 15 is 0 Å². The van der Waals surface area contributed by atoms with Gasteiger partial charge < -0.3 is 5.11 Å². The van der Waals surface area contributed by atoms with Crippen LogP contribution in [-0.2, 0) is 13.1 Å². The van der Waals surface area contributed by atoms with Gasteiger partial charge in [-0.05, 0) is 55.7 Å². The van der Waals surface area contributed by atoms with E-state index in [9.17, 15) is 14.7 Å². The average molecular weight is 461 g/mol. The number of hydrogen-bond acceptors (Lipinski definition) is 4. The zero-order chi connectivity index (χ0) is 23.3. The van der Waals surface area contributed by atoms with E-state index in [4.69, 9.17) is 11.6 Å². The molecule has 0 fully saturated rings. The van der Waals surface area contributed by atoms with Gasteiger partial charge in [0.2, 0.25) is 0 Å². The molecule has 3 heterocycles. The molecule has 166 valence electrons. The Morgan fingerprint density at radius 2 is 1.94 bits per heavy atom. The molecule has 2 aromatic carbocycles. The summed E-state index contributed by atoms with van der Waals surface area (Å²) in [6.45, 7) is 5.01. The number of aromatic carboxylic acids is 1. The third-order valence-corrected chi connectivity index (χ3v) is 6.37. The minimum atomic E-state index is -1.06. The molecule has 0 saturated heterocycles. The van der Waals surface area contributed by atoms with E-state index in [1.807, 2.05) is 19.9 Å². The maximum atomic E-state index is 13.0. The Labute approximate surface area is 194 Å². The molecule has 0 unspecified atom stereocenters. The highest BCUT2D eigenvalue weighted by Gasteiger charge is 2.23. The maximum Gasteiger partial charge on any atom is 0.335 e. The fourth-order valence-corrected chi connectivity index (χ4v) is 4.45. The minimum absolute atomic E-state index is 0.0964. The summed E-state index contributed by atoms with van der Waals surface area (Å²) in [5.41, 5.74) is 5.04. The van der Waals surface area contributed by atoms with E-state index in [1.165, 1.54) is 23.8 Å². The molecule has 33 heavy (non-hydrogen) atoms. The number of fused-ring (bicyclic) bond motifs is 2. The van der Waals surface area contributed by atoms with Crippen LogP contribution in [0.2, 0.25) is 5.15 Å². The summed E-state index contributed by atoms with van der Waals surface area (Å²) in [5, 5.41) is 14.8. The van der Waals surface area contributed by atoms with Gasteiger partial charge in [0, 0.05) is 12.1 Å². The van der Waals surface area contributed by atoms with Crippen LogP contribution in [0.4, 0.5) is 0 Å². The lowest BCUT2D eigenvalue weighted by molar-refractivity contribution is 0.0697. The molecular weight excluding hydrogens is 440 g/mol. The van der Waals surface area contributed by atoms with Crippen LogP contribution in [0.15, 0.2) is 47.3 Å². The van der Waals surface area contributed by atoms with Crippen LogP contribution in [0.3, 0.4) is 0 Å². The molecular formula is C25H21ClN4O3. The highest BCUT2D eigenvalue weighted by Crippen LogP contribution is 2.31. The lowest BCUT2D eigenvalue weighted by Crippen LogP contribution is -2.21. The Morgan fingerprint density at radius 3 is 2.67 bits per heavy atom. The number of carbonyl (C=O) groups is 1. The fourth-order valence-electron chi connectivity index (χ4n) is 4.16. The quantitative estimate of drug-likeness (QED) is 0.482. The molecule has 0 atom stereocenters. The van der Waals surface area contributed by atoms with Crippen molar-refractivity contribution in [2.45, 2.75) is 33.4 Å². The SMILES string of the molecule is Cc1ccc(Cn2nc(C)c(/C=C3\CCn4c3nc3cc(C(=O)O)ccc3c4=O)c2Cl)cc1. The molecule has 1 aliphatic rings. The topological polar surface area (TPSA) is 90.0 Å². The van der Waals surface area contributed by atoms with Gasteiger partial charge in [0.05, 0.1) is 28.7 Å². The first kappa shape index (κ1) is 21.2. The third-order valence-electron chi connectivity index (χ3n) is 5.98. The van der Waals surface area contributed by atoms with Crippen molar-refractivity contribution in [2.75, 3.05) is 0 Å².